The highest BCUT2D eigenvalue weighted by Crippen LogP contribution is 2.03. The van der Waals surface area contributed by atoms with Crippen molar-refractivity contribution in [2.24, 2.45) is 11.7 Å². The Labute approximate surface area is 196 Å². The Morgan fingerprint density at radius 1 is 0.676 bits per heavy atom. The summed E-state index contributed by atoms with van der Waals surface area (Å²) in [4.78, 5) is 60.5. The van der Waals surface area contributed by atoms with Crippen LogP contribution in [-0.2, 0) is 24.0 Å². The van der Waals surface area contributed by atoms with E-state index in [4.69, 9.17) is 15.9 Å². The van der Waals surface area contributed by atoms with Gasteiger partial charge in [-0.2, -0.15) is 0 Å². The molecule has 0 aliphatic rings. The van der Waals surface area contributed by atoms with Crippen molar-refractivity contribution in [2.45, 2.75) is 70.1 Å². The molecule has 0 unspecified atom stereocenters. The highest BCUT2D eigenvalue weighted by atomic mass is 16.4. The Morgan fingerprint density at radius 2 is 1.06 bits per heavy atom. The third-order valence-electron chi connectivity index (χ3n) is 4.76. The molecule has 15 heteroatoms. The van der Waals surface area contributed by atoms with Gasteiger partial charge in [0.2, 0.25) is 23.6 Å². The zero-order chi connectivity index (χ0) is 26.7. The molecule has 0 heterocycles. The van der Waals surface area contributed by atoms with Gasteiger partial charge in [-0.15, -0.1) is 0 Å². The Kier molecular flexibility index (Phi) is 13.2. The van der Waals surface area contributed by atoms with Crippen molar-refractivity contribution in [1.82, 2.24) is 21.3 Å². The summed E-state index contributed by atoms with van der Waals surface area (Å²) in [5.74, 6) is -5.90. The van der Waals surface area contributed by atoms with Crippen LogP contribution in [-0.4, -0.2) is 111 Å². The standard InChI is InChI=1S/C19H35N5O10/c1-7(2)12(20)16(30)23-14(9(4)28)18(32)24-13(8(3)27)17(31)21-10(5-25)15(29)22-11(6-26)19(33)34/h7-14,25-28H,5-6,20H2,1-4H3,(H,21,31)(H,22,29)(H,23,30)(H,24,32)(H,33,34)/t8-,9-,10+,11+,12+,13+,14+/m1/s1. The molecule has 0 spiro atoms. The SMILES string of the molecule is CC(C)[C@H](N)C(=O)N[C@H](C(=O)N[C@H](C(=O)N[C@@H](CO)C(=O)N[C@@H](CO)C(=O)O)[C@@H](C)O)[C@@H](C)O. The molecular formula is C19H35N5O10. The molecule has 0 aliphatic carbocycles. The van der Waals surface area contributed by atoms with Crippen LogP contribution in [0.15, 0.2) is 0 Å². The molecule has 0 aliphatic heterocycles. The number of nitrogens with two attached hydrogens (primary N) is 1. The van der Waals surface area contributed by atoms with Crippen molar-refractivity contribution >= 4 is 29.6 Å². The third kappa shape index (κ3) is 9.56. The summed E-state index contributed by atoms with van der Waals surface area (Å²) in [6.07, 6.45) is -2.94. The molecule has 0 saturated heterocycles. The fraction of sp³-hybridized carbons (Fsp3) is 0.737. The van der Waals surface area contributed by atoms with Crippen molar-refractivity contribution in [1.29, 1.82) is 0 Å². The number of hydrogen-bond acceptors (Lipinski definition) is 10. The monoisotopic (exact) mass is 493 g/mol. The normalized spacial score (nSPS) is 17.4. The summed E-state index contributed by atoms with van der Waals surface area (Å²) >= 11 is 0. The quantitative estimate of drug-likeness (QED) is 0.109. The topological polar surface area (TPSA) is 261 Å². The zero-order valence-corrected chi connectivity index (χ0v) is 19.4. The van der Waals surface area contributed by atoms with Crippen LogP contribution in [0.25, 0.3) is 0 Å². The van der Waals surface area contributed by atoms with E-state index in [9.17, 15) is 39.3 Å². The Bertz CT molecular complexity index is 730. The maximum atomic E-state index is 12.6. The average molecular weight is 494 g/mol. The minimum atomic E-state index is -1.70. The van der Waals surface area contributed by atoms with Gasteiger partial charge < -0.3 is 52.5 Å². The molecule has 11 N–H and O–H groups in total. The highest BCUT2D eigenvalue weighted by molar-refractivity contribution is 5.96. The number of carboxylic acid groups (broad SMARTS) is 1. The number of carboxylic acids is 1. The van der Waals surface area contributed by atoms with Gasteiger partial charge in [0.05, 0.1) is 31.5 Å². The summed E-state index contributed by atoms with van der Waals surface area (Å²) in [7, 11) is 0. The summed E-state index contributed by atoms with van der Waals surface area (Å²) in [6, 6.07) is -7.60. The largest absolute Gasteiger partial charge is 0.480 e. The molecule has 196 valence electrons. The van der Waals surface area contributed by atoms with Crippen LogP contribution < -0.4 is 27.0 Å². The van der Waals surface area contributed by atoms with Gasteiger partial charge in [0, 0.05) is 0 Å². The number of carbonyl (C=O) groups is 5. The van der Waals surface area contributed by atoms with E-state index in [1.165, 1.54) is 6.92 Å². The second-order valence-corrected chi connectivity index (χ2v) is 8.05. The minimum Gasteiger partial charge on any atom is -0.480 e. The van der Waals surface area contributed by atoms with E-state index in [0.29, 0.717) is 0 Å². The lowest BCUT2D eigenvalue weighted by Crippen LogP contribution is -2.63. The fourth-order valence-corrected chi connectivity index (χ4v) is 2.52. The molecule has 0 radical (unpaired) electrons. The first-order valence-electron chi connectivity index (χ1n) is 10.5. The number of aliphatic carboxylic acids is 1. The van der Waals surface area contributed by atoms with Crippen LogP contribution in [0.4, 0.5) is 0 Å². The summed E-state index contributed by atoms with van der Waals surface area (Å²) < 4.78 is 0. The summed E-state index contributed by atoms with van der Waals surface area (Å²) in [5.41, 5.74) is 5.72. The molecule has 0 rings (SSSR count). The second kappa shape index (κ2) is 14.4. The van der Waals surface area contributed by atoms with E-state index in [0.717, 1.165) is 6.92 Å². The predicted octanol–water partition coefficient (Wildman–Crippen LogP) is -5.26. The maximum absolute atomic E-state index is 12.6. The number of nitrogens with one attached hydrogen (secondary N) is 4. The van der Waals surface area contributed by atoms with Gasteiger partial charge in [-0.25, -0.2) is 4.79 Å². The molecule has 0 saturated carbocycles. The van der Waals surface area contributed by atoms with Crippen molar-refractivity contribution in [3.8, 4) is 0 Å². The van der Waals surface area contributed by atoms with Crippen molar-refractivity contribution < 1.29 is 49.5 Å². The minimum absolute atomic E-state index is 0.276. The van der Waals surface area contributed by atoms with Crippen LogP contribution >= 0.6 is 0 Å². The van der Waals surface area contributed by atoms with Gasteiger partial charge in [-0.05, 0) is 19.8 Å². The van der Waals surface area contributed by atoms with Crippen molar-refractivity contribution in [3.63, 3.8) is 0 Å². The number of amides is 4. The first-order valence-corrected chi connectivity index (χ1v) is 10.5. The van der Waals surface area contributed by atoms with Gasteiger partial charge in [0.15, 0.2) is 0 Å². The van der Waals surface area contributed by atoms with Crippen LogP contribution in [0.5, 0.6) is 0 Å². The van der Waals surface area contributed by atoms with Gasteiger partial charge in [-0.1, -0.05) is 13.8 Å². The van der Waals surface area contributed by atoms with E-state index in [1.54, 1.807) is 13.8 Å². The van der Waals surface area contributed by atoms with Crippen LogP contribution in [0.1, 0.15) is 27.7 Å². The van der Waals surface area contributed by atoms with Crippen LogP contribution in [0.3, 0.4) is 0 Å². The predicted molar refractivity (Wildman–Crippen MR) is 116 cm³/mol. The number of carbonyl (C=O) groups excluding carboxylic acids is 4. The lowest BCUT2D eigenvalue weighted by molar-refractivity contribution is -0.143. The summed E-state index contributed by atoms with van der Waals surface area (Å²) in [5, 5.41) is 55.5. The molecular weight excluding hydrogens is 458 g/mol. The van der Waals surface area contributed by atoms with E-state index in [2.05, 4.69) is 10.6 Å². The molecule has 0 bridgehead atoms. The maximum Gasteiger partial charge on any atom is 0.328 e. The number of aliphatic hydroxyl groups is 4. The first-order chi connectivity index (χ1) is 15.7. The van der Waals surface area contributed by atoms with Crippen LogP contribution in [0, 0.1) is 5.92 Å². The lowest BCUT2D eigenvalue weighted by Gasteiger charge is -2.28. The van der Waals surface area contributed by atoms with E-state index in [-0.39, 0.29) is 5.92 Å². The Morgan fingerprint density at radius 3 is 1.41 bits per heavy atom. The first kappa shape index (κ1) is 31.1. The van der Waals surface area contributed by atoms with Crippen LogP contribution in [0.2, 0.25) is 0 Å². The Hall–Kier alpha value is -2.85. The van der Waals surface area contributed by atoms with Gasteiger partial charge in [-0.3, -0.25) is 19.2 Å². The molecule has 0 aromatic carbocycles. The molecule has 4 amide bonds. The molecule has 0 aromatic rings. The van der Waals surface area contributed by atoms with E-state index < -0.39 is 85.2 Å². The van der Waals surface area contributed by atoms with Gasteiger partial charge >= 0.3 is 5.97 Å². The Balaban J connectivity index is 5.44. The number of rotatable bonds is 14. The molecule has 0 aromatic heterocycles. The van der Waals surface area contributed by atoms with Crippen molar-refractivity contribution in [3.05, 3.63) is 0 Å². The van der Waals surface area contributed by atoms with Gasteiger partial charge in [0.1, 0.15) is 24.2 Å². The lowest BCUT2D eigenvalue weighted by atomic mass is 10.0. The smallest absolute Gasteiger partial charge is 0.328 e. The molecule has 7 atom stereocenters. The number of hydrogen-bond donors (Lipinski definition) is 10. The molecule has 15 nitrogen and oxygen atoms in total. The average Bonchev–Trinajstić information content (AvgIpc) is 2.75. The van der Waals surface area contributed by atoms with Gasteiger partial charge in [0.25, 0.3) is 0 Å². The fourth-order valence-electron chi connectivity index (χ4n) is 2.52. The van der Waals surface area contributed by atoms with E-state index >= 15 is 0 Å². The van der Waals surface area contributed by atoms with E-state index in [1.807, 2.05) is 10.6 Å². The summed E-state index contributed by atoms with van der Waals surface area (Å²) in [6.45, 7) is 3.75. The number of aliphatic hydroxyl groups excluding tert-OH is 4. The second-order valence-electron chi connectivity index (χ2n) is 8.05. The molecule has 34 heavy (non-hydrogen) atoms. The zero-order valence-electron chi connectivity index (χ0n) is 19.4. The molecule has 0 fully saturated rings. The third-order valence-corrected chi connectivity index (χ3v) is 4.76. The highest BCUT2D eigenvalue weighted by Gasteiger charge is 2.35. The van der Waals surface area contributed by atoms with Crippen molar-refractivity contribution in [2.75, 3.05) is 13.2 Å².